The van der Waals surface area contributed by atoms with E-state index in [0.29, 0.717) is 23.2 Å². The predicted molar refractivity (Wildman–Crippen MR) is 129 cm³/mol. The molecular formula is C25H22N6OS. The fourth-order valence-corrected chi connectivity index (χ4v) is 4.29. The van der Waals surface area contributed by atoms with Crippen molar-refractivity contribution >= 4 is 11.8 Å². The molecule has 3 aromatic heterocycles. The van der Waals surface area contributed by atoms with Crippen LogP contribution in [-0.4, -0.2) is 29.9 Å². The molecule has 8 heteroatoms. The van der Waals surface area contributed by atoms with Crippen LogP contribution in [0.1, 0.15) is 22.8 Å². The van der Waals surface area contributed by atoms with Crippen LogP contribution in [0.15, 0.2) is 77.6 Å². The van der Waals surface area contributed by atoms with E-state index in [9.17, 15) is 0 Å². The summed E-state index contributed by atoms with van der Waals surface area (Å²) in [5.74, 6) is 4.08. The van der Waals surface area contributed by atoms with Crippen molar-refractivity contribution in [3.8, 4) is 28.5 Å². The van der Waals surface area contributed by atoms with E-state index in [1.807, 2.05) is 48.5 Å². The largest absolute Gasteiger partial charge is 0.338 e. The average Bonchev–Trinajstić information content (AvgIpc) is 3.48. The minimum Gasteiger partial charge on any atom is -0.338 e. The van der Waals surface area contributed by atoms with Crippen molar-refractivity contribution < 1.29 is 4.52 Å². The van der Waals surface area contributed by atoms with Gasteiger partial charge in [0.15, 0.2) is 5.82 Å². The van der Waals surface area contributed by atoms with Crippen molar-refractivity contribution in [3.05, 3.63) is 95.9 Å². The minimum atomic E-state index is 0.587. The predicted octanol–water partition coefficient (Wildman–Crippen LogP) is 5.43. The zero-order valence-corrected chi connectivity index (χ0v) is 19.2. The average molecular weight is 455 g/mol. The summed E-state index contributed by atoms with van der Waals surface area (Å²) in [4.78, 5) is 8.66. The Morgan fingerprint density at radius 3 is 2.42 bits per heavy atom. The molecule has 0 bridgehead atoms. The topological polar surface area (TPSA) is 82.5 Å². The van der Waals surface area contributed by atoms with Crippen molar-refractivity contribution in [1.29, 1.82) is 0 Å². The van der Waals surface area contributed by atoms with Gasteiger partial charge < -0.3 is 4.52 Å². The highest BCUT2D eigenvalue weighted by molar-refractivity contribution is 7.97. The molecule has 33 heavy (non-hydrogen) atoms. The van der Waals surface area contributed by atoms with Gasteiger partial charge in [0.25, 0.3) is 0 Å². The highest BCUT2D eigenvalue weighted by atomic mass is 32.2. The number of hydrogen-bond acceptors (Lipinski definition) is 7. The zero-order chi connectivity index (χ0) is 22.6. The lowest BCUT2D eigenvalue weighted by molar-refractivity contribution is 0.391. The van der Waals surface area contributed by atoms with Gasteiger partial charge in [-0.15, -0.1) is 22.0 Å². The molecule has 7 nitrogen and oxygen atoms in total. The van der Waals surface area contributed by atoms with Crippen LogP contribution in [0.25, 0.3) is 28.5 Å². The van der Waals surface area contributed by atoms with Crippen molar-refractivity contribution in [2.45, 2.75) is 25.4 Å². The molecule has 0 aliphatic carbocycles. The number of hydrogen-bond donors (Lipinski definition) is 0. The van der Waals surface area contributed by atoms with Gasteiger partial charge in [-0.1, -0.05) is 53.2 Å². The van der Waals surface area contributed by atoms with Crippen LogP contribution >= 0.6 is 11.8 Å². The molecule has 0 spiro atoms. The summed E-state index contributed by atoms with van der Waals surface area (Å²) >= 11 is 1.66. The van der Waals surface area contributed by atoms with Gasteiger partial charge in [-0.25, -0.2) is 0 Å². The maximum absolute atomic E-state index is 5.46. The highest BCUT2D eigenvalue weighted by Crippen LogP contribution is 2.27. The van der Waals surface area contributed by atoms with E-state index in [1.54, 1.807) is 24.2 Å². The lowest BCUT2D eigenvalue weighted by Gasteiger charge is -2.13. The summed E-state index contributed by atoms with van der Waals surface area (Å²) in [5, 5.41) is 13.1. The van der Waals surface area contributed by atoms with Crippen LogP contribution in [0.5, 0.6) is 0 Å². The number of aromatic nitrogens is 6. The van der Waals surface area contributed by atoms with Gasteiger partial charge in [-0.05, 0) is 37.6 Å². The van der Waals surface area contributed by atoms with Gasteiger partial charge in [0.05, 0.1) is 17.2 Å². The second kappa shape index (κ2) is 9.38. The first-order valence-corrected chi connectivity index (χ1v) is 11.7. The molecule has 5 aromatic rings. The van der Waals surface area contributed by atoms with E-state index in [0.717, 1.165) is 34.0 Å². The quantitative estimate of drug-likeness (QED) is 0.324. The van der Waals surface area contributed by atoms with E-state index in [1.165, 1.54) is 5.56 Å². The second-order valence-corrected chi connectivity index (χ2v) is 8.65. The van der Waals surface area contributed by atoms with Crippen LogP contribution in [-0.2, 0) is 11.5 Å². The van der Waals surface area contributed by atoms with E-state index >= 15 is 0 Å². The normalized spacial score (nSPS) is 11.1. The molecule has 5 rings (SSSR count). The zero-order valence-electron chi connectivity index (χ0n) is 18.3. The van der Waals surface area contributed by atoms with Crippen LogP contribution in [0.4, 0.5) is 0 Å². The molecule has 0 saturated carbocycles. The number of rotatable bonds is 7. The number of pyridine rings is 1. The Hall–Kier alpha value is -3.78. The molecule has 0 radical (unpaired) electrons. The summed E-state index contributed by atoms with van der Waals surface area (Å²) in [5.41, 5.74) is 5.32. The Labute approximate surface area is 195 Å². The molecule has 0 fully saturated rings. The van der Waals surface area contributed by atoms with Gasteiger partial charge in [-0.3, -0.25) is 9.55 Å². The number of para-hydroxylation sites is 1. The maximum atomic E-state index is 5.46. The van der Waals surface area contributed by atoms with Gasteiger partial charge in [0.1, 0.15) is 5.82 Å². The molecule has 0 aliphatic rings. The smallest absolute Gasteiger partial charge is 0.236 e. The van der Waals surface area contributed by atoms with Gasteiger partial charge in [0, 0.05) is 23.5 Å². The molecule has 0 atom stereocenters. The first kappa shape index (κ1) is 21.1. The maximum Gasteiger partial charge on any atom is 0.236 e. The third kappa shape index (κ3) is 4.56. The number of aryl methyl sites for hydroxylation is 2. The van der Waals surface area contributed by atoms with E-state index in [2.05, 4.69) is 55.9 Å². The molecule has 0 saturated heterocycles. The van der Waals surface area contributed by atoms with Gasteiger partial charge in [0.2, 0.25) is 11.7 Å². The third-order valence-electron chi connectivity index (χ3n) is 5.26. The molecule has 164 valence electrons. The van der Waals surface area contributed by atoms with Crippen LogP contribution < -0.4 is 0 Å². The lowest BCUT2D eigenvalue weighted by Crippen LogP contribution is -2.04. The Morgan fingerprint density at radius 1 is 0.848 bits per heavy atom. The van der Waals surface area contributed by atoms with E-state index in [4.69, 9.17) is 4.52 Å². The molecule has 2 aromatic carbocycles. The fourth-order valence-electron chi connectivity index (χ4n) is 3.53. The molecule has 0 N–H and O–H groups in total. The molecule has 0 unspecified atom stereocenters. The SMILES string of the molecule is Cc1ccc(-c2noc(CSCc3nnc(-c4ccncc4)n3-c3ccccc3C)n2)cc1. The van der Waals surface area contributed by atoms with E-state index < -0.39 is 0 Å². The molecule has 0 amide bonds. The van der Waals surface area contributed by atoms with Crippen molar-refractivity contribution in [2.75, 3.05) is 0 Å². The van der Waals surface area contributed by atoms with Crippen molar-refractivity contribution in [2.24, 2.45) is 0 Å². The summed E-state index contributed by atoms with van der Waals surface area (Å²) in [7, 11) is 0. The Bertz CT molecular complexity index is 1360. The number of benzene rings is 2. The highest BCUT2D eigenvalue weighted by Gasteiger charge is 2.17. The van der Waals surface area contributed by atoms with Gasteiger partial charge >= 0.3 is 0 Å². The lowest BCUT2D eigenvalue weighted by atomic mass is 10.1. The third-order valence-corrected chi connectivity index (χ3v) is 6.17. The summed E-state index contributed by atoms with van der Waals surface area (Å²) in [6, 6.07) is 20.2. The number of nitrogens with zero attached hydrogens (tertiary/aromatic N) is 6. The second-order valence-electron chi connectivity index (χ2n) is 7.67. The van der Waals surface area contributed by atoms with Crippen LogP contribution in [0.2, 0.25) is 0 Å². The molecule has 0 aliphatic heterocycles. The van der Waals surface area contributed by atoms with Crippen molar-refractivity contribution in [1.82, 2.24) is 29.9 Å². The summed E-state index contributed by atoms with van der Waals surface area (Å²) in [6.45, 7) is 4.14. The Balaban J connectivity index is 1.37. The first-order valence-electron chi connectivity index (χ1n) is 10.6. The standard InChI is InChI=1S/C25H22N6OS/c1-17-7-9-19(10-8-17)24-27-23(32-30-24)16-33-15-22-28-29-25(20-11-13-26-14-12-20)31(22)21-6-4-3-5-18(21)2/h3-14H,15-16H2,1-2H3. The van der Waals surface area contributed by atoms with Crippen LogP contribution in [0, 0.1) is 13.8 Å². The van der Waals surface area contributed by atoms with Crippen LogP contribution in [0.3, 0.4) is 0 Å². The fraction of sp³-hybridized carbons (Fsp3) is 0.160. The Kier molecular flexibility index (Phi) is 5.99. The first-order chi connectivity index (χ1) is 16.2. The number of thioether (sulfide) groups is 1. The molecule has 3 heterocycles. The summed E-state index contributed by atoms with van der Waals surface area (Å²) < 4.78 is 7.58. The molecular weight excluding hydrogens is 432 g/mol. The monoisotopic (exact) mass is 454 g/mol. The van der Waals surface area contributed by atoms with Gasteiger partial charge in [-0.2, -0.15) is 4.98 Å². The van der Waals surface area contributed by atoms with Crippen molar-refractivity contribution in [3.63, 3.8) is 0 Å². The Morgan fingerprint density at radius 2 is 1.64 bits per heavy atom. The summed E-state index contributed by atoms with van der Waals surface area (Å²) in [6.07, 6.45) is 3.53. The van der Waals surface area contributed by atoms with E-state index in [-0.39, 0.29) is 0 Å². The minimum absolute atomic E-state index is 0.587.